The molecule has 1 saturated heterocycles. The topological polar surface area (TPSA) is 129 Å². The normalized spacial score (nSPS) is 19.7. The molecule has 1 rings (SSSR count). The predicted molar refractivity (Wildman–Crippen MR) is 213 cm³/mol. The Morgan fingerprint density at radius 2 is 1.10 bits per heavy atom. The lowest BCUT2D eigenvalue weighted by atomic mass is 10.0. The molecule has 1 amide bonds. The molecular formula is C43H85NO8. The maximum atomic E-state index is 13.3. The first-order valence-corrected chi connectivity index (χ1v) is 22.2. The number of amides is 1. The summed E-state index contributed by atoms with van der Waals surface area (Å²) in [6, 6.07) is 0. The van der Waals surface area contributed by atoms with E-state index in [9.17, 15) is 25.2 Å². The van der Waals surface area contributed by atoms with Gasteiger partial charge in [0.25, 0.3) is 0 Å². The Kier molecular flexibility index (Phi) is 33.9. The molecule has 1 aliphatic heterocycles. The Balaban J connectivity index is 2.28. The van der Waals surface area contributed by atoms with E-state index in [0.29, 0.717) is 13.0 Å². The molecule has 0 bridgehead atoms. The van der Waals surface area contributed by atoms with Crippen molar-refractivity contribution in [1.82, 2.24) is 4.90 Å². The standard InChI is InChI=1S/C43H85NO8/c1-3-5-7-9-11-13-15-17-19-21-23-25-27-29-32-50-36-38(46)34-44(31-33-51-40-37-52-39(35-45)42(48)43(40)49)41(47)30-28-26-24-22-20-18-16-14-12-10-8-6-4-2/h38-40,42-43,45-46,48-49H,3-37H2,1-2H3/t38?,39-,40+,42-,43-/m1/s1. The second-order valence-corrected chi connectivity index (χ2v) is 15.6. The molecule has 1 unspecified atom stereocenters. The molecule has 0 aliphatic carbocycles. The number of aliphatic hydroxyl groups excluding tert-OH is 4. The number of carbonyl (C=O) groups excluding carboxylic acids is 1. The van der Waals surface area contributed by atoms with E-state index >= 15 is 0 Å². The van der Waals surface area contributed by atoms with Crippen LogP contribution in [0.4, 0.5) is 0 Å². The van der Waals surface area contributed by atoms with Crippen molar-refractivity contribution < 1.29 is 39.4 Å². The molecule has 0 aromatic rings. The van der Waals surface area contributed by atoms with Crippen molar-refractivity contribution in [3.8, 4) is 0 Å². The molecule has 0 radical (unpaired) electrons. The van der Waals surface area contributed by atoms with Crippen molar-refractivity contribution >= 4 is 5.91 Å². The predicted octanol–water partition coefficient (Wildman–Crippen LogP) is 8.65. The smallest absolute Gasteiger partial charge is 0.222 e. The Labute approximate surface area is 319 Å². The fourth-order valence-corrected chi connectivity index (χ4v) is 7.17. The van der Waals surface area contributed by atoms with Crippen molar-refractivity contribution in [2.75, 3.05) is 46.1 Å². The van der Waals surface area contributed by atoms with Crippen LogP contribution < -0.4 is 0 Å². The highest BCUT2D eigenvalue weighted by Gasteiger charge is 2.38. The monoisotopic (exact) mass is 744 g/mol. The van der Waals surface area contributed by atoms with Gasteiger partial charge in [-0.2, -0.15) is 0 Å². The van der Waals surface area contributed by atoms with Crippen LogP contribution in [0.5, 0.6) is 0 Å². The number of rotatable bonds is 38. The molecule has 0 spiro atoms. The summed E-state index contributed by atoms with van der Waals surface area (Å²) in [4.78, 5) is 14.9. The third kappa shape index (κ3) is 26.9. The third-order valence-corrected chi connectivity index (χ3v) is 10.7. The average molecular weight is 744 g/mol. The molecule has 1 aliphatic rings. The van der Waals surface area contributed by atoms with Gasteiger partial charge in [0.05, 0.1) is 32.5 Å². The first kappa shape index (κ1) is 49.2. The number of aliphatic hydroxyl groups is 4. The van der Waals surface area contributed by atoms with Gasteiger partial charge in [-0.25, -0.2) is 0 Å². The van der Waals surface area contributed by atoms with Gasteiger partial charge in [-0.05, 0) is 12.8 Å². The second-order valence-electron chi connectivity index (χ2n) is 15.6. The van der Waals surface area contributed by atoms with Gasteiger partial charge in [-0.3, -0.25) is 4.79 Å². The minimum atomic E-state index is -1.24. The Morgan fingerprint density at radius 1 is 0.654 bits per heavy atom. The number of ether oxygens (including phenoxy) is 3. The molecule has 310 valence electrons. The van der Waals surface area contributed by atoms with Crippen LogP contribution >= 0.6 is 0 Å². The summed E-state index contributed by atoms with van der Waals surface area (Å²) in [5.41, 5.74) is 0. The number of nitrogens with zero attached hydrogens (tertiary/aromatic N) is 1. The molecule has 9 heteroatoms. The third-order valence-electron chi connectivity index (χ3n) is 10.7. The zero-order valence-corrected chi connectivity index (χ0v) is 34.0. The summed E-state index contributed by atoms with van der Waals surface area (Å²) in [7, 11) is 0. The number of carbonyl (C=O) groups is 1. The largest absolute Gasteiger partial charge is 0.394 e. The van der Waals surface area contributed by atoms with Gasteiger partial charge >= 0.3 is 0 Å². The zero-order valence-electron chi connectivity index (χ0n) is 34.0. The summed E-state index contributed by atoms with van der Waals surface area (Å²) in [5, 5.41) is 40.7. The van der Waals surface area contributed by atoms with Gasteiger partial charge < -0.3 is 39.5 Å². The number of unbranched alkanes of at least 4 members (excludes halogenated alkanes) is 25. The van der Waals surface area contributed by atoms with E-state index in [2.05, 4.69) is 13.8 Å². The van der Waals surface area contributed by atoms with E-state index < -0.39 is 30.5 Å². The molecule has 5 atom stereocenters. The Morgan fingerprint density at radius 3 is 1.56 bits per heavy atom. The molecule has 0 saturated carbocycles. The van der Waals surface area contributed by atoms with Crippen LogP contribution in [0.15, 0.2) is 0 Å². The van der Waals surface area contributed by atoms with Crippen molar-refractivity contribution in [2.24, 2.45) is 0 Å². The van der Waals surface area contributed by atoms with Crippen LogP contribution in [-0.2, 0) is 19.0 Å². The fourth-order valence-electron chi connectivity index (χ4n) is 7.17. The van der Waals surface area contributed by atoms with E-state index in [1.54, 1.807) is 4.90 Å². The highest BCUT2D eigenvalue weighted by molar-refractivity contribution is 5.76. The molecule has 0 aromatic heterocycles. The van der Waals surface area contributed by atoms with Crippen LogP contribution in [0.25, 0.3) is 0 Å². The van der Waals surface area contributed by atoms with Gasteiger partial charge in [-0.1, -0.05) is 174 Å². The quantitative estimate of drug-likeness (QED) is 0.0463. The first-order valence-electron chi connectivity index (χ1n) is 22.2. The molecule has 4 N–H and O–H groups in total. The molecule has 9 nitrogen and oxygen atoms in total. The van der Waals surface area contributed by atoms with Gasteiger partial charge in [-0.15, -0.1) is 0 Å². The highest BCUT2D eigenvalue weighted by Crippen LogP contribution is 2.19. The highest BCUT2D eigenvalue weighted by atomic mass is 16.6. The maximum absolute atomic E-state index is 13.3. The van der Waals surface area contributed by atoms with E-state index in [-0.39, 0.29) is 45.4 Å². The number of hydrogen-bond donors (Lipinski definition) is 4. The molecule has 1 fully saturated rings. The minimum Gasteiger partial charge on any atom is -0.394 e. The summed E-state index contributed by atoms with van der Waals surface area (Å²) in [5.74, 6) is -0.0153. The minimum absolute atomic E-state index is 0.0153. The van der Waals surface area contributed by atoms with E-state index in [4.69, 9.17) is 14.2 Å². The lowest BCUT2D eigenvalue weighted by Crippen LogP contribution is -2.55. The van der Waals surface area contributed by atoms with Gasteiger partial charge in [0.15, 0.2) is 0 Å². The van der Waals surface area contributed by atoms with Crippen LogP contribution in [0.1, 0.15) is 194 Å². The summed E-state index contributed by atoms with van der Waals surface area (Å²) < 4.78 is 17.0. The van der Waals surface area contributed by atoms with Gasteiger partial charge in [0.2, 0.25) is 5.91 Å². The molecule has 0 aromatic carbocycles. The van der Waals surface area contributed by atoms with Crippen molar-refractivity contribution in [3.05, 3.63) is 0 Å². The van der Waals surface area contributed by atoms with Crippen molar-refractivity contribution in [1.29, 1.82) is 0 Å². The lowest BCUT2D eigenvalue weighted by Gasteiger charge is -2.37. The maximum Gasteiger partial charge on any atom is 0.222 e. The van der Waals surface area contributed by atoms with Crippen molar-refractivity contribution in [2.45, 2.75) is 224 Å². The second kappa shape index (κ2) is 35.9. The van der Waals surface area contributed by atoms with E-state index in [1.807, 2.05) is 0 Å². The SMILES string of the molecule is CCCCCCCCCCCCCCCCOCC(O)CN(CCO[C@H]1CO[C@H](CO)[C@@H](O)[C@@H]1O)C(=O)CCCCCCCCCCCCCCC. The summed E-state index contributed by atoms with van der Waals surface area (Å²) >= 11 is 0. The Bertz CT molecular complexity index is 773. The Hall–Kier alpha value is -0.810. The van der Waals surface area contributed by atoms with Gasteiger partial charge in [0, 0.05) is 26.1 Å². The number of hydrogen-bond acceptors (Lipinski definition) is 8. The first-order chi connectivity index (χ1) is 25.4. The van der Waals surface area contributed by atoms with E-state index in [0.717, 1.165) is 32.1 Å². The average Bonchev–Trinajstić information content (AvgIpc) is 3.14. The van der Waals surface area contributed by atoms with Crippen LogP contribution in [-0.4, -0.2) is 108 Å². The van der Waals surface area contributed by atoms with Crippen LogP contribution in [0, 0.1) is 0 Å². The zero-order chi connectivity index (χ0) is 37.9. The molecule has 1 heterocycles. The van der Waals surface area contributed by atoms with Crippen molar-refractivity contribution in [3.63, 3.8) is 0 Å². The van der Waals surface area contributed by atoms with Gasteiger partial charge in [0.1, 0.15) is 24.4 Å². The molecule has 52 heavy (non-hydrogen) atoms. The fraction of sp³-hybridized carbons (Fsp3) is 0.977. The summed E-state index contributed by atoms with van der Waals surface area (Å²) in [6.45, 7) is 5.55. The van der Waals surface area contributed by atoms with Crippen LogP contribution in [0.3, 0.4) is 0 Å². The van der Waals surface area contributed by atoms with E-state index in [1.165, 1.54) is 141 Å². The lowest BCUT2D eigenvalue weighted by molar-refractivity contribution is -0.209. The molecular weight excluding hydrogens is 658 g/mol. The van der Waals surface area contributed by atoms with Crippen LogP contribution in [0.2, 0.25) is 0 Å². The summed E-state index contributed by atoms with van der Waals surface area (Å²) in [6.07, 6.45) is 30.2.